The Morgan fingerprint density at radius 1 is 1.38 bits per heavy atom. The van der Waals surface area contributed by atoms with Gasteiger partial charge in [0.05, 0.1) is 34.2 Å². The minimum absolute atomic E-state index is 0.420. The summed E-state index contributed by atoms with van der Waals surface area (Å²) < 4.78 is 1.82. The maximum absolute atomic E-state index is 6.27. The van der Waals surface area contributed by atoms with Gasteiger partial charge in [0.25, 0.3) is 0 Å². The van der Waals surface area contributed by atoms with E-state index in [4.69, 9.17) is 29.0 Å². The van der Waals surface area contributed by atoms with E-state index in [0.29, 0.717) is 22.3 Å². The van der Waals surface area contributed by atoms with E-state index in [1.54, 1.807) is 24.5 Å². The number of nitrogens with one attached hydrogen (secondary N) is 1. The van der Waals surface area contributed by atoms with Crippen molar-refractivity contribution in [3.8, 4) is 0 Å². The predicted molar refractivity (Wildman–Crippen MR) is 84.2 cm³/mol. The highest BCUT2D eigenvalue weighted by atomic mass is 35.5. The molecule has 0 saturated heterocycles. The molecule has 2 aromatic rings. The lowest BCUT2D eigenvalue weighted by molar-refractivity contribution is 0.365. The molecule has 114 valence electrons. The summed E-state index contributed by atoms with van der Waals surface area (Å²) in [5.41, 5.74) is 4.10. The smallest absolute Gasteiger partial charge is 0.108 e. The lowest BCUT2D eigenvalue weighted by Gasteiger charge is -2.19. The number of hydrogen-bond donors (Lipinski definition) is 2. The molecule has 0 amide bonds. The Kier molecular flexibility index (Phi) is 5.55. The number of rotatable bonds is 6. The van der Waals surface area contributed by atoms with Gasteiger partial charge in [-0.25, -0.2) is 5.43 Å². The van der Waals surface area contributed by atoms with Crippen LogP contribution in [0.3, 0.4) is 0 Å². The number of halogens is 2. The van der Waals surface area contributed by atoms with E-state index in [1.165, 1.54) is 0 Å². The van der Waals surface area contributed by atoms with Crippen LogP contribution in [0.4, 0.5) is 0 Å². The number of aromatic nitrogens is 3. The quantitative estimate of drug-likeness (QED) is 0.623. The second-order valence-electron chi connectivity index (χ2n) is 4.87. The van der Waals surface area contributed by atoms with Gasteiger partial charge in [-0.15, -0.1) is 0 Å². The standard InChI is InChI=1S/C13H18Cl2N6/c1-20(2)6-7-21-13(10(15)8-18-21)12(19-16)11-9(14)4-3-5-17-11/h3-5,8,12,19H,6-7,16H2,1-2H3. The zero-order chi connectivity index (χ0) is 15.4. The van der Waals surface area contributed by atoms with E-state index >= 15 is 0 Å². The van der Waals surface area contributed by atoms with E-state index in [1.807, 2.05) is 18.8 Å². The van der Waals surface area contributed by atoms with Crippen LogP contribution in [0.2, 0.25) is 10.0 Å². The maximum atomic E-state index is 6.27. The van der Waals surface area contributed by atoms with E-state index < -0.39 is 6.04 Å². The van der Waals surface area contributed by atoms with Crippen molar-refractivity contribution < 1.29 is 0 Å². The summed E-state index contributed by atoms with van der Waals surface area (Å²) in [6, 6.07) is 3.11. The zero-order valence-electron chi connectivity index (χ0n) is 11.9. The summed E-state index contributed by atoms with van der Waals surface area (Å²) in [7, 11) is 4.00. The fourth-order valence-electron chi connectivity index (χ4n) is 2.03. The Morgan fingerprint density at radius 3 is 2.76 bits per heavy atom. The molecule has 0 aromatic carbocycles. The summed E-state index contributed by atoms with van der Waals surface area (Å²) in [5.74, 6) is 5.70. The molecule has 2 heterocycles. The largest absolute Gasteiger partial charge is 0.308 e. The molecule has 1 atom stereocenters. The first-order valence-corrected chi connectivity index (χ1v) is 7.22. The average Bonchev–Trinajstić information content (AvgIpc) is 2.81. The van der Waals surface area contributed by atoms with Gasteiger partial charge in [0.15, 0.2) is 0 Å². The van der Waals surface area contributed by atoms with E-state index in [-0.39, 0.29) is 0 Å². The molecule has 0 saturated carbocycles. The van der Waals surface area contributed by atoms with Crippen molar-refractivity contribution in [3.05, 3.63) is 46.0 Å². The molecule has 21 heavy (non-hydrogen) atoms. The van der Waals surface area contributed by atoms with Gasteiger partial charge in [-0.3, -0.25) is 15.5 Å². The molecule has 0 aliphatic rings. The Hall–Kier alpha value is -1.18. The maximum Gasteiger partial charge on any atom is 0.108 e. The van der Waals surface area contributed by atoms with E-state index in [9.17, 15) is 0 Å². The van der Waals surface area contributed by atoms with Crippen molar-refractivity contribution in [1.82, 2.24) is 25.1 Å². The molecule has 0 fully saturated rings. The average molecular weight is 329 g/mol. The molecular formula is C13H18Cl2N6. The van der Waals surface area contributed by atoms with Crippen LogP contribution in [0.1, 0.15) is 17.4 Å². The fourth-order valence-corrected chi connectivity index (χ4v) is 2.51. The van der Waals surface area contributed by atoms with Crippen LogP contribution in [0.25, 0.3) is 0 Å². The Balaban J connectivity index is 2.38. The first-order chi connectivity index (χ1) is 10.0. The number of pyridine rings is 1. The van der Waals surface area contributed by atoms with Gasteiger partial charge in [0.1, 0.15) is 6.04 Å². The molecule has 0 aliphatic heterocycles. The Bertz CT molecular complexity index is 598. The lowest BCUT2D eigenvalue weighted by Crippen LogP contribution is -2.32. The highest BCUT2D eigenvalue weighted by Gasteiger charge is 2.24. The van der Waals surface area contributed by atoms with E-state index in [2.05, 4.69) is 20.4 Å². The molecule has 0 radical (unpaired) electrons. The van der Waals surface area contributed by atoms with Crippen molar-refractivity contribution in [1.29, 1.82) is 0 Å². The molecule has 0 spiro atoms. The minimum Gasteiger partial charge on any atom is -0.308 e. The molecule has 3 N–H and O–H groups in total. The third kappa shape index (κ3) is 3.72. The number of nitrogens with two attached hydrogens (primary N) is 1. The summed E-state index contributed by atoms with van der Waals surface area (Å²) in [6.07, 6.45) is 3.27. The fraction of sp³-hybridized carbons (Fsp3) is 0.385. The highest BCUT2D eigenvalue weighted by molar-refractivity contribution is 6.32. The Morgan fingerprint density at radius 2 is 2.14 bits per heavy atom. The van der Waals surface area contributed by atoms with Crippen LogP contribution in [0.5, 0.6) is 0 Å². The second kappa shape index (κ2) is 7.20. The van der Waals surface area contributed by atoms with Crippen LogP contribution in [-0.2, 0) is 6.54 Å². The van der Waals surface area contributed by atoms with Crippen molar-refractivity contribution in [2.45, 2.75) is 12.6 Å². The third-order valence-electron chi connectivity index (χ3n) is 3.09. The minimum atomic E-state index is -0.420. The molecule has 0 bridgehead atoms. The van der Waals surface area contributed by atoms with Gasteiger partial charge < -0.3 is 4.90 Å². The van der Waals surface area contributed by atoms with Crippen molar-refractivity contribution in [3.63, 3.8) is 0 Å². The summed E-state index contributed by atoms with van der Waals surface area (Å²) in [4.78, 5) is 6.37. The summed E-state index contributed by atoms with van der Waals surface area (Å²) in [6.45, 7) is 1.52. The molecule has 6 nitrogen and oxygen atoms in total. The highest BCUT2D eigenvalue weighted by Crippen LogP contribution is 2.30. The topological polar surface area (TPSA) is 72.0 Å². The van der Waals surface area contributed by atoms with E-state index in [0.717, 1.165) is 12.2 Å². The molecular weight excluding hydrogens is 311 g/mol. The first-order valence-electron chi connectivity index (χ1n) is 6.47. The zero-order valence-corrected chi connectivity index (χ0v) is 13.4. The van der Waals surface area contributed by atoms with Crippen molar-refractivity contribution in [2.24, 2.45) is 5.84 Å². The van der Waals surface area contributed by atoms with Gasteiger partial charge in [-0.05, 0) is 26.2 Å². The van der Waals surface area contributed by atoms with Crippen LogP contribution in [0.15, 0.2) is 24.5 Å². The summed E-state index contributed by atoms with van der Waals surface area (Å²) >= 11 is 12.5. The molecule has 1 unspecified atom stereocenters. The van der Waals surface area contributed by atoms with Crippen molar-refractivity contribution in [2.75, 3.05) is 20.6 Å². The first kappa shape index (κ1) is 16.2. The number of hydrazine groups is 1. The van der Waals surface area contributed by atoms with Crippen LogP contribution in [0, 0.1) is 0 Å². The van der Waals surface area contributed by atoms with Crippen LogP contribution < -0.4 is 11.3 Å². The van der Waals surface area contributed by atoms with Gasteiger partial charge in [-0.2, -0.15) is 5.10 Å². The predicted octanol–water partition coefficient (Wildman–Crippen LogP) is 1.70. The lowest BCUT2D eigenvalue weighted by atomic mass is 10.1. The Labute approximate surface area is 133 Å². The SMILES string of the molecule is CN(C)CCn1ncc(Cl)c1C(NN)c1ncccc1Cl. The van der Waals surface area contributed by atoms with Crippen LogP contribution in [-0.4, -0.2) is 40.3 Å². The molecule has 2 aromatic heterocycles. The summed E-state index contributed by atoms with van der Waals surface area (Å²) in [5, 5.41) is 5.35. The third-order valence-corrected chi connectivity index (χ3v) is 3.70. The van der Waals surface area contributed by atoms with Gasteiger partial charge in [0.2, 0.25) is 0 Å². The second-order valence-corrected chi connectivity index (χ2v) is 5.69. The number of hydrogen-bond acceptors (Lipinski definition) is 5. The molecule has 2 rings (SSSR count). The molecule has 8 heteroatoms. The van der Waals surface area contributed by atoms with Gasteiger partial charge in [0, 0.05) is 12.7 Å². The number of likely N-dealkylation sites (N-methyl/N-ethyl adjacent to an activating group) is 1. The monoisotopic (exact) mass is 328 g/mol. The normalized spacial score (nSPS) is 12.9. The molecule has 0 aliphatic carbocycles. The van der Waals surface area contributed by atoms with Gasteiger partial charge >= 0.3 is 0 Å². The van der Waals surface area contributed by atoms with Crippen molar-refractivity contribution >= 4 is 23.2 Å². The number of nitrogens with zero attached hydrogens (tertiary/aromatic N) is 4. The van der Waals surface area contributed by atoms with Crippen LogP contribution >= 0.6 is 23.2 Å². The van der Waals surface area contributed by atoms with Gasteiger partial charge in [-0.1, -0.05) is 23.2 Å².